The van der Waals surface area contributed by atoms with E-state index in [1.807, 2.05) is 21.3 Å². The maximum absolute atomic E-state index is 5.87. The Morgan fingerprint density at radius 2 is 0.750 bits per heavy atom. The topological polar surface area (TPSA) is 27.7 Å². The fraction of sp³-hybridized carbons (Fsp3) is 1.00. The van der Waals surface area contributed by atoms with Crippen LogP contribution in [0, 0.1) is 0 Å². The lowest BCUT2D eigenvalue weighted by atomic mass is 11.8. The predicted molar refractivity (Wildman–Crippen MR) is 79.2 cm³/mol. The maximum Gasteiger partial charge on any atom is 0.171 e. The summed E-state index contributed by atoms with van der Waals surface area (Å²) in [4.78, 5) is 0. The molecular formula is C9H27O3Si4. The highest BCUT2D eigenvalue weighted by molar-refractivity contribution is 7.78. The summed E-state index contributed by atoms with van der Waals surface area (Å²) in [5.74, 6) is 0. The molecule has 97 valence electrons. The Labute approximate surface area is 105 Å². The molecule has 16 heavy (non-hydrogen) atoms. The minimum atomic E-state index is -1.64. The van der Waals surface area contributed by atoms with E-state index in [4.69, 9.17) is 13.3 Å². The predicted octanol–water partition coefficient (Wildman–Crippen LogP) is 2.27. The largest absolute Gasteiger partial charge is 0.424 e. The van der Waals surface area contributed by atoms with Crippen molar-refractivity contribution in [3.05, 3.63) is 0 Å². The van der Waals surface area contributed by atoms with Gasteiger partial charge in [-0.3, -0.25) is 0 Å². The number of hydrogen-bond acceptors (Lipinski definition) is 3. The van der Waals surface area contributed by atoms with E-state index in [0.717, 1.165) is 0 Å². The van der Waals surface area contributed by atoms with E-state index in [0.29, 0.717) is 0 Å². The fourth-order valence-corrected chi connectivity index (χ4v) is 67.0. The van der Waals surface area contributed by atoms with Gasteiger partial charge in [0.1, 0.15) is 7.35 Å². The van der Waals surface area contributed by atoms with E-state index in [-0.39, 0.29) is 0 Å². The summed E-state index contributed by atoms with van der Waals surface area (Å²) in [6.45, 7) is 13.9. The van der Waals surface area contributed by atoms with E-state index in [1.54, 1.807) is 0 Å². The molecule has 0 saturated carbocycles. The lowest BCUT2D eigenvalue weighted by Gasteiger charge is -2.44. The first-order valence-corrected chi connectivity index (χ1v) is 18.8. The Bertz CT molecular complexity index is 193. The zero-order chi connectivity index (χ0) is 13.2. The van der Waals surface area contributed by atoms with Gasteiger partial charge < -0.3 is 13.3 Å². The molecule has 0 aliphatic heterocycles. The van der Waals surface area contributed by atoms with Crippen molar-refractivity contribution < 1.29 is 13.3 Å². The minimum absolute atomic E-state index is 0.676. The minimum Gasteiger partial charge on any atom is -0.424 e. The van der Waals surface area contributed by atoms with Crippen molar-refractivity contribution in [3.63, 3.8) is 0 Å². The van der Waals surface area contributed by atoms with Gasteiger partial charge in [-0.15, -0.1) is 0 Å². The van der Waals surface area contributed by atoms with Crippen molar-refractivity contribution in [3.8, 4) is 0 Å². The third-order valence-electron chi connectivity index (χ3n) is 3.34. The van der Waals surface area contributed by atoms with Gasteiger partial charge in [-0.25, -0.2) is 0 Å². The second-order valence-electron chi connectivity index (χ2n) is 5.52. The molecule has 3 nitrogen and oxygen atoms in total. The van der Waals surface area contributed by atoms with Crippen LogP contribution >= 0.6 is 0 Å². The van der Waals surface area contributed by atoms with Crippen molar-refractivity contribution in [2.45, 2.75) is 39.3 Å². The van der Waals surface area contributed by atoms with Gasteiger partial charge in [-0.2, -0.15) is 0 Å². The summed E-state index contributed by atoms with van der Waals surface area (Å²) in [6.07, 6.45) is 0. The Morgan fingerprint density at radius 3 is 0.875 bits per heavy atom. The van der Waals surface area contributed by atoms with Crippen LogP contribution in [-0.4, -0.2) is 52.2 Å². The van der Waals surface area contributed by atoms with Crippen LogP contribution in [0.5, 0.6) is 0 Å². The third kappa shape index (κ3) is 3.62. The molecule has 0 N–H and O–H groups in total. The zero-order valence-electron chi connectivity index (χ0n) is 12.2. The van der Waals surface area contributed by atoms with Crippen LogP contribution < -0.4 is 0 Å². The van der Waals surface area contributed by atoms with Gasteiger partial charge in [-0.05, 0) is 39.3 Å². The van der Waals surface area contributed by atoms with Gasteiger partial charge in [0.05, 0.1) is 0 Å². The highest BCUT2D eigenvalue weighted by Gasteiger charge is 2.57. The summed E-state index contributed by atoms with van der Waals surface area (Å²) in [5.41, 5.74) is 0. The molecule has 0 bridgehead atoms. The molecule has 1 radical (unpaired) electrons. The normalized spacial score (nSPS) is 14.6. The Hall–Kier alpha value is 0.748. The Balaban J connectivity index is 5.40. The molecule has 0 unspecified atom stereocenters. The Kier molecular flexibility index (Phi) is 5.85. The van der Waals surface area contributed by atoms with Crippen LogP contribution in [0.4, 0.5) is 0 Å². The van der Waals surface area contributed by atoms with Gasteiger partial charge in [0, 0.05) is 21.3 Å². The van der Waals surface area contributed by atoms with Gasteiger partial charge in [0.25, 0.3) is 0 Å². The first-order chi connectivity index (χ1) is 7.05. The van der Waals surface area contributed by atoms with Crippen molar-refractivity contribution in [1.82, 2.24) is 0 Å². The van der Waals surface area contributed by atoms with Gasteiger partial charge in [0.2, 0.25) is 0 Å². The van der Waals surface area contributed by atoms with Crippen molar-refractivity contribution in [2.75, 3.05) is 21.3 Å². The quantitative estimate of drug-likeness (QED) is 0.704. The molecule has 0 heterocycles. The maximum atomic E-state index is 5.87. The second kappa shape index (κ2) is 5.59. The molecule has 0 rings (SSSR count). The molecule has 0 aromatic heterocycles. The second-order valence-corrected chi connectivity index (χ2v) is 36.4. The summed E-state index contributed by atoms with van der Waals surface area (Å²) < 4.78 is 17.6. The highest BCUT2D eigenvalue weighted by Crippen LogP contribution is 2.27. The zero-order valence-corrected chi connectivity index (χ0v) is 16.2. The molecule has 0 amide bonds. The fourth-order valence-electron chi connectivity index (χ4n) is 2.48. The summed E-state index contributed by atoms with van der Waals surface area (Å²) in [6, 6.07) is 0. The highest BCUT2D eigenvalue weighted by atomic mass is 29.9. The molecule has 0 aliphatic carbocycles. The van der Waals surface area contributed by atoms with Crippen LogP contribution in [0.25, 0.3) is 0 Å². The average molecular weight is 296 g/mol. The van der Waals surface area contributed by atoms with E-state index >= 15 is 0 Å². The van der Waals surface area contributed by atoms with Crippen LogP contribution in [0.15, 0.2) is 0 Å². The molecule has 0 saturated heterocycles. The lowest BCUT2D eigenvalue weighted by Crippen LogP contribution is -2.75. The van der Waals surface area contributed by atoms with Crippen molar-refractivity contribution in [1.29, 1.82) is 0 Å². The van der Waals surface area contributed by atoms with Gasteiger partial charge in [-0.1, -0.05) is 0 Å². The smallest absolute Gasteiger partial charge is 0.171 e. The third-order valence-corrected chi connectivity index (χ3v) is 55.2. The number of rotatable bonds is 6. The molecule has 0 fully saturated rings. The van der Waals surface area contributed by atoms with Crippen LogP contribution in [0.3, 0.4) is 0 Å². The summed E-state index contributed by atoms with van der Waals surface area (Å²) >= 11 is 0. The van der Waals surface area contributed by atoms with E-state index in [1.165, 1.54) is 0 Å². The molecule has 7 heteroatoms. The SMILES string of the molecule is CO[Si](C)(C)[Si]([Si](C)(C)OC)[Si](C)(C)OC. The van der Waals surface area contributed by atoms with Crippen LogP contribution in [0.2, 0.25) is 39.3 Å². The standard InChI is InChI=1S/C9H27O3Si4/c1-10-14(4,5)13(15(6,7)11-2)16(8,9)12-3/h1-9H3. The van der Waals surface area contributed by atoms with Crippen LogP contribution in [-0.2, 0) is 13.3 Å². The van der Waals surface area contributed by atoms with E-state index < -0.39 is 30.9 Å². The van der Waals surface area contributed by atoms with Gasteiger partial charge >= 0.3 is 0 Å². The van der Waals surface area contributed by atoms with Crippen LogP contribution in [0.1, 0.15) is 0 Å². The van der Waals surface area contributed by atoms with E-state index in [9.17, 15) is 0 Å². The first-order valence-electron chi connectivity index (χ1n) is 5.59. The van der Waals surface area contributed by atoms with Crippen molar-refractivity contribution in [2.24, 2.45) is 0 Å². The molecule has 0 aliphatic rings. The van der Waals surface area contributed by atoms with Crippen molar-refractivity contribution >= 4 is 30.9 Å². The summed E-state index contributed by atoms with van der Waals surface area (Å²) in [5, 5.41) is 0. The van der Waals surface area contributed by atoms with Gasteiger partial charge in [0.15, 0.2) is 23.5 Å². The van der Waals surface area contributed by atoms with E-state index in [2.05, 4.69) is 39.3 Å². The summed E-state index contributed by atoms with van der Waals surface area (Å²) in [7, 11) is -0.0336. The monoisotopic (exact) mass is 295 g/mol. The number of hydrogen-bond donors (Lipinski definition) is 0. The molecular weight excluding hydrogens is 268 g/mol. The molecule has 0 aromatic rings. The first kappa shape index (κ1) is 16.7. The Morgan fingerprint density at radius 1 is 0.562 bits per heavy atom. The molecule has 0 aromatic carbocycles. The lowest BCUT2D eigenvalue weighted by molar-refractivity contribution is 0.405. The molecule has 0 atom stereocenters. The molecule has 0 spiro atoms. The average Bonchev–Trinajstić information content (AvgIpc) is 2.16.